The van der Waals surface area contributed by atoms with Crippen molar-refractivity contribution >= 4 is 29.1 Å². The number of carbonyl (C=O) groups excluding carboxylic acids is 2. The number of nitrogens with two attached hydrogens (primary N) is 1. The minimum atomic E-state index is -0.492. The van der Waals surface area contributed by atoms with Crippen LogP contribution >= 0.6 is 11.6 Å². The molecule has 2 aromatic carbocycles. The van der Waals surface area contributed by atoms with Crippen molar-refractivity contribution in [2.75, 3.05) is 25.2 Å². The zero-order valence-corrected chi connectivity index (χ0v) is 18.3. The molecule has 2 amide bonds. The van der Waals surface area contributed by atoms with Crippen molar-refractivity contribution in [1.29, 1.82) is 0 Å². The predicted molar refractivity (Wildman–Crippen MR) is 118 cm³/mol. The number of halogens is 1. The zero-order valence-electron chi connectivity index (χ0n) is 17.5. The number of nitrogens with zero attached hydrogens (tertiary/aromatic N) is 1. The fourth-order valence-electron chi connectivity index (χ4n) is 3.60. The lowest BCUT2D eigenvalue weighted by molar-refractivity contribution is 0.0977. The number of methoxy groups -OCH3 is 1. The smallest absolute Gasteiger partial charge is 0.258 e. The number of amides is 2. The summed E-state index contributed by atoms with van der Waals surface area (Å²) in [6, 6.07) is 8.51. The van der Waals surface area contributed by atoms with Crippen LogP contribution < -0.4 is 20.1 Å². The third-order valence-corrected chi connectivity index (χ3v) is 5.46. The van der Waals surface area contributed by atoms with E-state index in [0.717, 1.165) is 18.4 Å². The van der Waals surface area contributed by atoms with E-state index in [0.29, 0.717) is 58.8 Å². The molecule has 0 spiro atoms. The molecule has 2 N–H and O–H groups in total. The number of hydrogen-bond acceptors (Lipinski definition) is 4. The molecule has 0 aromatic heterocycles. The van der Waals surface area contributed by atoms with Crippen LogP contribution in [0.3, 0.4) is 0 Å². The molecule has 0 bridgehead atoms. The van der Waals surface area contributed by atoms with Gasteiger partial charge in [0.25, 0.3) is 5.91 Å². The number of benzene rings is 2. The maximum Gasteiger partial charge on any atom is 0.258 e. The van der Waals surface area contributed by atoms with Crippen molar-refractivity contribution in [3.63, 3.8) is 0 Å². The second-order valence-electron chi connectivity index (χ2n) is 7.75. The molecule has 7 heteroatoms. The first-order chi connectivity index (χ1) is 14.3. The van der Waals surface area contributed by atoms with Crippen LogP contribution in [0.5, 0.6) is 11.5 Å². The first-order valence-corrected chi connectivity index (χ1v) is 10.4. The predicted octanol–water partition coefficient (Wildman–Crippen LogP) is 4.47. The molecule has 30 heavy (non-hydrogen) atoms. The van der Waals surface area contributed by atoms with Crippen molar-refractivity contribution in [1.82, 2.24) is 0 Å². The highest BCUT2D eigenvalue weighted by molar-refractivity contribution is 6.33. The molecule has 6 nitrogen and oxygen atoms in total. The minimum absolute atomic E-state index is 0.216. The summed E-state index contributed by atoms with van der Waals surface area (Å²) in [5.74, 6) is 0.643. The summed E-state index contributed by atoms with van der Waals surface area (Å²) in [7, 11) is 1.52. The molecule has 0 saturated heterocycles. The van der Waals surface area contributed by atoms with Gasteiger partial charge in [0, 0.05) is 23.4 Å². The van der Waals surface area contributed by atoms with Crippen LogP contribution in [0.4, 0.5) is 5.69 Å². The third kappa shape index (κ3) is 4.54. The SMILES string of the molecule is COc1cc(C(=O)N2CCCc3c(C(N)=O)cccc32)cc(Cl)c1OCCC(C)C. The van der Waals surface area contributed by atoms with Gasteiger partial charge in [-0.3, -0.25) is 9.59 Å². The van der Waals surface area contributed by atoms with Crippen LogP contribution in [0.2, 0.25) is 5.02 Å². The summed E-state index contributed by atoms with van der Waals surface area (Å²) < 4.78 is 11.3. The summed E-state index contributed by atoms with van der Waals surface area (Å²) in [4.78, 5) is 26.8. The van der Waals surface area contributed by atoms with Gasteiger partial charge >= 0.3 is 0 Å². The van der Waals surface area contributed by atoms with E-state index in [4.69, 9.17) is 26.8 Å². The Morgan fingerprint density at radius 3 is 2.70 bits per heavy atom. The summed E-state index contributed by atoms with van der Waals surface area (Å²) in [5.41, 5.74) is 7.87. The van der Waals surface area contributed by atoms with Gasteiger partial charge in [-0.05, 0) is 55.0 Å². The lowest BCUT2D eigenvalue weighted by Gasteiger charge is -2.30. The van der Waals surface area contributed by atoms with Crippen molar-refractivity contribution in [2.24, 2.45) is 11.7 Å². The van der Waals surface area contributed by atoms with E-state index in [1.807, 2.05) is 6.07 Å². The van der Waals surface area contributed by atoms with Crippen LogP contribution in [-0.2, 0) is 6.42 Å². The highest BCUT2D eigenvalue weighted by atomic mass is 35.5. The largest absolute Gasteiger partial charge is 0.493 e. The first kappa shape index (κ1) is 22.0. The lowest BCUT2D eigenvalue weighted by Crippen LogP contribution is -2.36. The summed E-state index contributed by atoms with van der Waals surface area (Å²) in [6.07, 6.45) is 2.32. The van der Waals surface area contributed by atoms with E-state index < -0.39 is 5.91 Å². The van der Waals surface area contributed by atoms with Crippen LogP contribution in [0.25, 0.3) is 0 Å². The average molecular weight is 431 g/mol. The molecule has 1 aliphatic rings. The van der Waals surface area contributed by atoms with Crippen molar-refractivity contribution in [2.45, 2.75) is 33.1 Å². The normalized spacial score (nSPS) is 13.2. The van der Waals surface area contributed by atoms with E-state index in [9.17, 15) is 9.59 Å². The molecular formula is C23H27ClN2O4. The van der Waals surface area contributed by atoms with Gasteiger partial charge in [-0.1, -0.05) is 31.5 Å². The van der Waals surface area contributed by atoms with Gasteiger partial charge in [-0.2, -0.15) is 0 Å². The molecule has 1 aliphatic heterocycles. The molecule has 0 unspecified atom stereocenters. The Kier molecular flexibility index (Phi) is 6.87. The molecule has 0 radical (unpaired) electrons. The van der Waals surface area contributed by atoms with Crippen molar-refractivity contribution in [3.8, 4) is 11.5 Å². The van der Waals surface area contributed by atoms with E-state index in [-0.39, 0.29) is 5.91 Å². The Morgan fingerprint density at radius 1 is 1.27 bits per heavy atom. The second kappa shape index (κ2) is 9.39. The standard InChI is InChI=1S/C23H27ClN2O4/c1-14(2)9-11-30-21-18(24)12-15(13-20(21)29-3)23(28)26-10-5-7-16-17(22(25)27)6-4-8-19(16)26/h4,6,8,12-14H,5,7,9-11H2,1-3H3,(H2,25,27). The molecule has 0 saturated carbocycles. The topological polar surface area (TPSA) is 81.9 Å². The molecular weight excluding hydrogens is 404 g/mol. The van der Waals surface area contributed by atoms with Crippen LogP contribution in [0.15, 0.2) is 30.3 Å². The molecule has 160 valence electrons. The van der Waals surface area contributed by atoms with Gasteiger partial charge in [0.15, 0.2) is 11.5 Å². The fraction of sp³-hybridized carbons (Fsp3) is 0.391. The lowest BCUT2D eigenvalue weighted by atomic mass is 9.95. The third-order valence-electron chi connectivity index (χ3n) is 5.18. The Morgan fingerprint density at radius 2 is 2.03 bits per heavy atom. The van der Waals surface area contributed by atoms with E-state index >= 15 is 0 Å². The van der Waals surface area contributed by atoms with E-state index in [1.165, 1.54) is 7.11 Å². The number of primary amides is 1. The quantitative estimate of drug-likeness (QED) is 0.702. The highest BCUT2D eigenvalue weighted by Crippen LogP contribution is 2.38. The van der Waals surface area contributed by atoms with Gasteiger partial charge in [-0.15, -0.1) is 0 Å². The molecule has 3 rings (SSSR count). The molecule has 1 heterocycles. The van der Waals surface area contributed by atoms with Crippen LogP contribution in [-0.4, -0.2) is 32.1 Å². The van der Waals surface area contributed by atoms with Gasteiger partial charge < -0.3 is 20.1 Å². The number of rotatable bonds is 7. The highest BCUT2D eigenvalue weighted by Gasteiger charge is 2.27. The summed E-state index contributed by atoms with van der Waals surface area (Å²) in [5, 5.41) is 0.324. The van der Waals surface area contributed by atoms with Gasteiger partial charge in [-0.25, -0.2) is 0 Å². The molecule has 2 aromatic rings. The fourth-order valence-corrected chi connectivity index (χ4v) is 3.87. The number of hydrogen-bond donors (Lipinski definition) is 1. The van der Waals surface area contributed by atoms with Gasteiger partial charge in [0.2, 0.25) is 5.91 Å². The monoisotopic (exact) mass is 430 g/mol. The zero-order chi connectivity index (χ0) is 21.8. The second-order valence-corrected chi connectivity index (χ2v) is 8.16. The summed E-state index contributed by atoms with van der Waals surface area (Å²) in [6.45, 7) is 5.28. The molecule has 0 aliphatic carbocycles. The maximum atomic E-state index is 13.3. The Labute approximate surface area is 181 Å². The van der Waals surface area contributed by atoms with E-state index in [1.54, 1.807) is 29.2 Å². The Balaban J connectivity index is 1.92. The van der Waals surface area contributed by atoms with E-state index in [2.05, 4.69) is 13.8 Å². The average Bonchev–Trinajstić information content (AvgIpc) is 2.72. The number of ether oxygens (including phenoxy) is 2. The minimum Gasteiger partial charge on any atom is -0.493 e. The number of anilines is 1. The van der Waals surface area contributed by atoms with Crippen LogP contribution in [0.1, 0.15) is 53.0 Å². The Hall–Kier alpha value is -2.73. The molecule has 0 atom stereocenters. The first-order valence-electron chi connectivity index (χ1n) is 10.1. The van der Waals surface area contributed by atoms with Gasteiger partial charge in [0.05, 0.1) is 18.7 Å². The van der Waals surface area contributed by atoms with Gasteiger partial charge in [0.1, 0.15) is 0 Å². The van der Waals surface area contributed by atoms with Crippen molar-refractivity contribution < 1.29 is 19.1 Å². The van der Waals surface area contributed by atoms with Crippen LogP contribution in [0, 0.1) is 5.92 Å². The Bertz CT molecular complexity index is 958. The summed E-state index contributed by atoms with van der Waals surface area (Å²) >= 11 is 6.44. The maximum absolute atomic E-state index is 13.3. The number of carbonyl (C=O) groups is 2. The molecule has 0 fully saturated rings. The number of fused-ring (bicyclic) bond motifs is 1. The van der Waals surface area contributed by atoms with Crippen molar-refractivity contribution in [3.05, 3.63) is 52.0 Å².